The van der Waals surface area contributed by atoms with Gasteiger partial charge in [0.25, 0.3) is 0 Å². The van der Waals surface area contributed by atoms with E-state index in [9.17, 15) is 0 Å². The first kappa shape index (κ1) is 19.5. The lowest BCUT2D eigenvalue weighted by Crippen LogP contribution is -2.40. The van der Waals surface area contributed by atoms with Crippen LogP contribution in [0.25, 0.3) is 0 Å². The van der Waals surface area contributed by atoms with Gasteiger partial charge in [-0.1, -0.05) is 6.92 Å². The number of piperidine rings is 1. The number of aromatic nitrogens is 2. The topological polar surface area (TPSA) is 44.3 Å². The van der Waals surface area contributed by atoms with E-state index in [0.717, 1.165) is 43.5 Å². The summed E-state index contributed by atoms with van der Waals surface area (Å²) in [6.45, 7) is 11.9. The Hall–Kier alpha value is -2.30. The maximum absolute atomic E-state index is 4.81. The summed E-state index contributed by atoms with van der Waals surface area (Å²) in [5.41, 5.74) is 3.59. The third-order valence-corrected chi connectivity index (χ3v) is 5.60. The molecule has 146 valence electrons. The lowest BCUT2D eigenvalue weighted by molar-refractivity contribution is 0.443. The molecule has 0 aliphatic carbocycles. The van der Waals surface area contributed by atoms with Gasteiger partial charge in [-0.05, 0) is 76.3 Å². The van der Waals surface area contributed by atoms with Crippen LogP contribution in [0.4, 0.5) is 23.1 Å². The van der Waals surface area contributed by atoms with Gasteiger partial charge in [-0.15, -0.1) is 0 Å². The van der Waals surface area contributed by atoms with Crippen LogP contribution in [0.1, 0.15) is 52.0 Å². The fraction of sp³-hybridized carbons (Fsp3) is 0.545. The average molecular weight is 368 g/mol. The monoisotopic (exact) mass is 367 g/mol. The van der Waals surface area contributed by atoms with Gasteiger partial charge >= 0.3 is 0 Å². The van der Waals surface area contributed by atoms with E-state index in [4.69, 9.17) is 4.98 Å². The number of rotatable bonds is 7. The van der Waals surface area contributed by atoms with Crippen LogP contribution >= 0.6 is 0 Å². The van der Waals surface area contributed by atoms with Crippen molar-refractivity contribution in [3.05, 3.63) is 36.0 Å². The molecule has 1 N–H and O–H groups in total. The summed E-state index contributed by atoms with van der Waals surface area (Å²) in [4.78, 5) is 14.1. The fourth-order valence-corrected chi connectivity index (χ4v) is 3.96. The lowest BCUT2D eigenvalue weighted by atomic mass is 10.0. The molecule has 1 atom stereocenters. The Morgan fingerprint density at radius 3 is 2.67 bits per heavy atom. The molecule has 0 bridgehead atoms. The van der Waals surface area contributed by atoms with Crippen LogP contribution < -0.4 is 15.1 Å². The molecule has 1 aliphatic heterocycles. The van der Waals surface area contributed by atoms with E-state index in [1.807, 2.05) is 12.3 Å². The highest BCUT2D eigenvalue weighted by Gasteiger charge is 2.23. The maximum atomic E-state index is 4.81. The van der Waals surface area contributed by atoms with Crippen molar-refractivity contribution in [1.29, 1.82) is 0 Å². The first-order valence-electron chi connectivity index (χ1n) is 10.4. The highest BCUT2D eigenvalue weighted by atomic mass is 15.3. The maximum Gasteiger partial charge on any atom is 0.227 e. The molecule has 1 fully saturated rings. The van der Waals surface area contributed by atoms with Crippen LogP contribution in [0, 0.1) is 6.92 Å². The molecule has 0 radical (unpaired) electrons. The molecule has 2 aromatic rings. The van der Waals surface area contributed by atoms with Crippen molar-refractivity contribution in [2.45, 2.75) is 59.4 Å². The number of nitrogens with zero attached hydrogens (tertiary/aromatic N) is 4. The molecule has 0 spiro atoms. The Kier molecular flexibility index (Phi) is 6.54. The molecule has 1 saturated heterocycles. The molecule has 0 amide bonds. The Labute approximate surface area is 163 Å². The summed E-state index contributed by atoms with van der Waals surface area (Å²) in [6.07, 6.45) is 6.79. The van der Waals surface area contributed by atoms with Gasteiger partial charge in [0.05, 0.1) is 0 Å². The standard InChI is InChI=1S/C22H33N5/c1-5-18-10-8-9-15-27(18)22-23-14-13-21(25-22)24-20-12-11-19(16-17(20)4)26(6-2)7-3/h11-14,16,18H,5-10,15H2,1-4H3,(H,23,24,25). The smallest absolute Gasteiger partial charge is 0.227 e. The minimum atomic E-state index is 0.559. The normalized spacial score (nSPS) is 17.0. The SMILES string of the molecule is CCC1CCCCN1c1nccc(Nc2ccc(N(CC)CC)cc2C)n1. The van der Waals surface area contributed by atoms with Crippen LogP contribution in [0.3, 0.4) is 0 Å². The van der Waals surface area contributed by atoms with Crippen molar-refractivity contribution in [3.63, 3.8) is 0 Å². The fourth-order valence-electron chi connectivity index (χ4n) is 3.96. The Bertz CT molecular complexity index is 741. The first-order valence-corrected chi connectivity index (χ1v) is 10.4. The highest BCUT2D eigenvalue weighted by molar-refractivity contribution is 5.65. The van der Waals surface area contributed by atoms with Gasteiger partial charge in [0.2, 0.25) is 5.95 Å². The molecule has 27 heavy (non-hydrogen) atoms. The van der Waals surface area contributed by atoms with E-state index in [-0.39, 0.29) is 0 Å². The van der Waals surface area contributed by atoms with Crippen molar-refractivity contribution in [3.8, 4) is 0 Å². The van der Waals surface area contributed by atoms with Gasteiger partial charge in [0, 0.05) is 43.2 Å². The zero-order valence-corrected chi connectivity index (χ0v) is 17.2. The van der Waals surface area contributed by atoms with Crippen LogP contribution in [0.2, 0.25) is 0 Å². The van der Waals surface area contributed by atoms with E-state index in [0.29, 0.717) is 6.04 Å². The molecule has 3 rings (SSSR count). The van der Waals surface area contributed by atoms with Crippen molar-refractivity contribution in [1.82, 2.24) is 9.97 Å². The minimum absolute atomic E-state index is 0.559. The summed E-state index contributed by atoms with van der Waals surface area (Å²) >= 11 is 0. The van der Waals surface area contributed by atoms with E-state index in [1.54, 1.807) is 0 Å². The molecule has 5 nitrogen and oxygen atoms in total. The van der Waals surface area contributed by atoms with Crippen molar-refractivity contribution >= 4 is 23.1 Å². The number of anilines is 4. The van der Waals surface area contributed by atoms with Gasteiger partial charge in [-0.25, -0.2) is 4.98 Å². The number of nitrogens with one attached hydrogen (secondary N) is 1. The van der Waals surface area contributed by atoms with Crippen LogP contribution in [-0.4, -0.2) is 35.6 Å². The second kappa shape index (κ2) is 9.07. The molecular formula is C22H33N5. The van der Waals surface area contributed by atoms with Crippen molar-refractivity contribution < 1.29 is 0 Å². The van der Waals surface area contributed by atoms with Crippen LogP contribution in [0.5, 0.6) is 0 Å². The average Bonchev–Trinajstić information content (AvgIpc) is 2.71. The van der Waals surface area contributed by atoms with Gasteiger partial charge in [0.15, 0.2) is 0 Å². The molecule has 1 unspecified atom stereocenters. The Morgan fingerprint density at radius 1 is 1.15 bits per heavy atom. The second-order valence-electron chi connectivity index (χ2n) is 7.29. The molecular weight excluding hydrogens is 334 g/mol. The lowest BCUT2D eigenvalue weighted by Gasteiger charge is -2.35. The molecule has 5 heteroatoms. The van der Waals surface area contributed by atoms with Crippen LogP contribution in [-0.2, 0) is 0 Å². The summed E-state index contributed by atoms with van der Waals surface area (Å²) in [7, 11) is 0. The Morgan fingerprint density at radius 2 is 1.96 bits per heavy atom. The van der Waals surface area contributed by atoms with Gasteiger partial charge in [-0.2, -0.15) is 4.98 Å². The zero-order chi connectivity index (χ0) is 19.2. The number of hydrogen-bond acceptors (Lipinski definition) is 5. The third-order valence-electron chi connectivity index (χ3n) is 5.60. The van der Waals surface area contributed by atoms with Crippen LogP contribution in [0.15, 0.2) is 30.5 Å². The van der Waals surface area contributed by atoms with Gasteiger partial charge in [-0.3, -0.25) is 0 Å². The number of hydrogen-bond donors (Lipinski definition) is 1. The quantitative estimate of drug-likeness (QED) is 0.734. The number of aryl methyl sites for hydroxylation is 1. The third kappa shape index (κ3) is 4.52. The molecule has 1 aliphatic rings. The summed E-state index contributed by atoms with van der Waals surface area (Å²) in [6, 6.07) is 9.09. The molecule has 2 heterocycles. The minimum Gasteiger partial charge on any atom is -0.372 e. The number of benzene rings is 1. The van der Waals surface area contributed by atoms with Gasteiger partial charge < -0.3 is 15.1 Å². The zero-order valence-electron chi connectivity index (χ0n) is 17.2. The highest BCUT2D eigenvalue weighted by Crippen LogP contribution is 2.27. The van der Waals surface area contributed by atoms with E-state index < -0.39 is 0 Å². The predicted molar refractivity (Wildman–Crippen MR) is 115 cm³/mol. The van der Waals surface area contributed by atoms with E-state index >= 15 is 0 Å². The van der Waals surface area contributed by atoms with E-state index in [1.165, 1.54) is 30.5 Å². The molecule has 0 saturated carbocycles. The predicted octanol–water partition coefficient (Wildman–Crippen LogP) is 5.14. The molecule has 1 aromatic heterocycles. The Balaban J connectivity index is 1.78. The van der Waals surface area contributed by atoms with E-state index in [2.05, 4.69) is 66.0 Å². The summed E-state index contributed by atoms with van der Waals surface area (Å²) in [5.74, 6) is 1.71. The largest absolute Gasteiger partial charge is 0.372 e. The van der Waals surface area contributed by atoms with Crippen molar-refractivity contribution in [2.75, 3.05) is 34.8 Å². The summed E-state index contributed by atoms with van der Waals surface area (Å²) in [5, 5.41) is 3.49. The van der Waals surface area contributed by atoms with Gasteiger partial charge in [0.1, 0.15) is 5.82 Å². The summed E-state index contributed by atoms with van der Waals surface area (Å²) < 4.78 is 0. The molecule has 1 aromatic carbocycles. The first-order chi connectivity index (χ1) is 13.2. The second-order valence-corrected chi connectivity index (χ2v) is 7.29. The van der Waals surface area contributed by atoms with Crippen molar-refractivity contribution in [2.24, 2.45) is 0 Å².